The second kappa shape index (κ2) is 9.11. The summed E-state index contributed by atoms with van der Waals surface area (Å²) in [4.78, 5) is 22.3. The van der Waals surface area contributed by atoms with Crippen LogP contribution >= 0.6 is 11.3 Å². The van der Waals surface area contributed by atoms with E-state index >= 15 is 0 Å². The van der Waals surface area contributed by atoms with Crippen LogP contribution in [0, 0.1) is 0 Å². The molecular weight excluding hydrogens is 432 g/mol. The Morgan fingerprint density at radius 3 is 2.75 bits per heavy atom. The maximum Gasteiger partial charge on any atom is 0.412 e. The van der Waals surface area contributed by atoms with Crippen molar-refractivity contribution in [1.82, 2.24) is 9.97 Å². The Morgan fingerprint density at radius 1 is 1.12 bits per heavy atom. The number of anilines is 2. The van der Waals surface area contributed by atoms with Crippen molar-refractivity contribution in [1.29, 1.82) is 0 Å². The van der Waals surface area contributed by atoms with Crippen molar-refractivity contribution >= 4 is 29.1 Å². The highest BCUT2D eigenvalue weighted by atomic mass is 32.1. The van der Waals surface area contributed by atoms with Gasteiger partial charge < -0.3 is 24.3 Å². The van der Waals surface area contributed by atoms with Gasteiger partial charge in [-0.25, -0.2) is 14.8 Å². The largest absolute Gasteiger partial charge is 0.497 e. The fourth-order valence-corrected chi connectivity index (χ4v) is 4.50. The van der Waals surface area contributed by atoms with E-state index in [9.17, 15) is 4.79 Å². The molecule has 0 aliphatic carbocycles. The molecule has 9 nitrogen and oxygen atoms in total. The van der Waals surface area contributed by atoms with Crippen LogP contribution in [-0.4, -0.2) is 60.7 Å². The maximum atomic E-state index is 12.3. The van der Waals surface area contributed by atoms with Crippen LogP contribution in [0.3, 0.4) is 0 Å². The van der Waals surface area contributed by atoms with E-state index in [1.807, 2.05) is 23.6 Å². The fourth-order valence-electron chi connectivity index (χ4n) is 3.80. The number of carbonyl (C=O) groups is 1. The highest BCUT2D eigenvalue weighted by molar-refractivity contribution is 7.13. The quantitative estimate of drug-likeness (QED) is 0.584. The molecule has 5 rings (SSSR count). The fraction of sp³-hybridized carbons (Fsp3) is 0.318. The number of methoxy groups -OCH3 is 1. The number of carbonyl (C=O) groups excluding carboxylic acids is 1. The molecule has 4 atom stereocenters. The summed E-state index contributed by atoms with van der Waals surface area (Å²) in [5.74, 6) is 1.22. The van der Waals surface area contributed by atoms with Crippen LogP contribution in [0.5, 0.6) is 5.75 Å². The van der Waals surface area contributed by atoms with Crippen LogP contribution in [-0.2, 0) is 14.2 Å². The first-order valence-corrected chi connectivity index (χ1v) is 11.1. The molecule has 0 radical (unpaired) electrons. The van der Waals surface area contributed by atoms with Gasteiger partial charge in [-0.15, -0.1) is 11.3 Å². The van der Waals surface area contributed by atoms with Gasteiger partial charge in [0.15, 0.2) is 6.10 Å². The van der Waals surface area contributed by atoms with E-state index in [4.69, 9.17) is 18.9 Å². The van der Waals surface area contributed by atoms with Gasteiger partial charge in [0.2, 0.25) is 5.95 Å². The summed E-state index contributed by atoms with van der Waals surface area (Å²) in [7, 11) is 1.59. The van der Waals surface area contributed by atoms with Gasteiger partial charge in [-0.3, -0.25) is 5.32 Å². The highest BCUT2D eigenvalue weighted by Gasteiger charge is 2.49. The third-order valence-corrected chi connectivity index (χ3v) is 6.24. The molecule has 0 bridgehead atoms. The first-order valence-electron chi connectivity index (χ1n) is 10.2. The van der Waals surface area contributed by atoms with Gasteiger partial charge in [-0.1, -0.05) is 6.07 Å². The summed E-state index contributed by atoms with van der Waals surface area (Å²) in [6, 6.07) is 12.7. The third kappa shape index (κ3) is 4.38. The number of thiophene rings is 1. The van der Waals surface area contributed by atoms with Crippen LogP contribution in [0.15, 0.2) is 54.0 Å². The summed E-state index contributed by atoms with van der Waals surface area (Å²) < 4.78 is 22.5. The number of rotatable bonds is 6. The van der Waals surface area contributed by atoms with Gasteiger partial charge in [-0.2, -0.15) is 0 Å². The van der Waals surface area contributed by atoms with Crippen molar-refractivity contribution in [3.63, 3.8) is 0 Å². The second-order valence-electron chi connectivity index (χ2n) is 7.39. The Bertz CT molecular complexity index is 1060. The minimum atomic E-state index is -0.559. The molecule has 0 saturated carbocycles. The molecule has 2 saturated heterocycles. The van der Waals surface area contributed by atoms with Gasteiger partial charge in [0.25, 0.3) is 0 Å². The van der Waals surface area contributed by atoms with Crippen molar-refractivity contribution in [3.8, 4) is 16.3 Å². The molecule has 2 aliphatic rings. The van der Waals surface area contributed by atoms with Crippen LogP contribution in [0.25, 0.3) is 10.6 Å². The lowest BCUT2D eigenvalue weighted by Crippen LogP contribution is -2.38. The van der Waals surface area contributed by atoms with Gasteiger partial charge in [0, 0.05) is 11.9 Å². The summed E-state index contributed by atoms with van der Waals surface area (Å²) in [5, 5.41) is 8.02. The molecule has 2 fully saturated rings. The Kier molecular flexibility index (Phi) is 5.89. The summed E-state index contributed by atoms with van der Waals surface area (Å²) in [6.45, 7) is 0.668. The first-order chi connectivity index (χ1) is 15.7. The number of fused-ring (bicyclic) bond motifs is 1. The molecular formula is C22H22N4O5S. The van der Waals surface area contributed by atoms with E-state index in [0.29, 0.717) is 24.0 Å². The van der Waals surface area contributed by atoms with Gasteiger partial charge in [0.05, 0.1) is 36.9 Å². The minimum absolute atomic E-state index is 0.142. The smallest absolute Gasteiger partial charge is 0.412 e. The van der Waals surface area contributed by atoms with Crippen LogP contribution in [0.1, 0.15) is 0 Å². The molecule has 1 aromatic carbocycles. The standard InChI is InChI=1S/C22H22N4O5S/c1-28-14-6-4-13(5-7-14)24-22(27)31-17-12-30-19-16(11-29-20(17)19)26-21-23-9-8-15(25-21)18-3-2-10-32-18/h2-10,16-17,19-20H,11-12H2,1H3,(H,24,27)(H,23,25,26)/t16-,17-,19-,20+/m0/s1. The van der Waals surface area contributed by atoms with E-state index in [1.54, 1.807) is 48.9 Å². The van der Waals surface area contributed by atoms with Crippen molar-refractivity contribution in [2.45, 2.75) is 24.4 Å². The average Bonchev–Trinajstić information content (AvgIpc) is 3.55. The van der Waals surface area contributed by atoms with E-state index in [2.05, 4.69) is 20.6 Å². The van der Waals surface area contributed by atoms with E-state index in [0.717, 1.165) is 10.6 Å². The topological polar surface area (TPSA) is 104 Å². The molecule has 10 heteroatoms. The number of hydrogen-bond donors (Lipinski definition) is 2. The lowest BCUT2D eigenvalue weighted by atomic mass is 10.1. The Balaban J connectivity index is 1.17. The number of nitrogens with zero attached hydrogens (tertiary/aromatic N) is 2. The normalized spacial score (nSPS) is 24.0. The SMILES string of the molecule is COc1ccc(NC(=O)O[C@H]2CO[C@@H]3[C@@H]2OC[C@@H]3Nc2nccc(-c3cccs3)n2)cc1. The monoisotopic (exact) mass is 454 g/mol. The molecule has 4 heterocycles. The molecule has 2 aliphatic heterocycles. The lowest BCUT2D eigenvalue weighted by Gasteiger charge is -2.18. The molecule has 0 unspecified atom stereocenters. The van der Waals surface area contributed by atoms with E-state index in [-0.39, 0.29) is 24.9 Å². The Labute approximate surface area is 188 Å². The van der Waals surface area contributed by atoms with Crippen molar-refractivity contribution in [2.75, 3.05) is 31.0 Å². The zero-order chi connectivity index (χ0) is 21.9. The molecule has 1 amide bonds. The third-order valence-electron chi connectivity index (χ3n) is 5.35. The van der Waals surface area contributed by atoms with Crippen LogP contribution in [0.2, 0.25) is 0 Å². The van der Waals surface area contributed by atoms with Crippen LogP contribution < -0.4 is 15.4 Å². The predicted octanol–water partition coefficient (Wildman–Crippen LogP) is 3.41. The zero-order valence-electron chi connectivity index (χ0n) is 17.3. The number of nitrogens with one attached hydrogen (secondary N) is 2. The minimum Gasteiger partial charge on any atom is -0.497 e. The number of benzene rings is 1. The van der Waals surface area contributed by atoms with Gasteiger partial charge >= 0.3 is 6.09 Å². The number of hydrogen-bond acceptors (Lipinski definition) is 9. The highest BCUT2D eigenvalue weighted by Crippen LogP contribution is 2.31. The van der Waals surface area contributed by atoms with E-state index in [1.165, 1.54) is 0 Å². The van der Waals surface area contributed by atoms with Crippen molar-refractivity contribution < 1.29 is 23.7 Å². The second-order valence-corrected chi connectivity index (χ2v) is 8.33. The number of ether oxygens (including phenoxy) is 4. The lowest BCUT2D eigenvalue weighted by molar-refractivity contribution is 0.00917. The summed E-state index contributed by atoms with van der Waals surface area (Å²) in [6.07, 6.45) is 0.0556. The molecule has 2 aromatic heterocycles. The molecule has 2 N–H and O–H groups in total. The molecule has 32 heavy (non-hydrogen) atoms. The molecule has 0 spiro atoms. The predicted molar refractivity (Wildman–Crippen MR) is 119 cm³/mol. The molecule has 166 valence electrons. The maximum absolute atomic E-state index is 12.3. The van der Waals surface area contributed by atoms with Gasteiger partial charge in [-0.05, 0) is 41.8 Å². The average molecular weight is 455 g/mol. The first kappa shape index (κ1) is 20.7. The number of amides is 1. The van der Waals surface area contributed by atoms with Crippen LogP contribution in [0.4, 0.5) is 16.4 Å². The molecule has 3 aromatic rings. The zero-order valence-corrected chi connectivity index (χ0v) is 18.1. The number of aromatic nitrogens is 2. The Hall–Kier alpha value is -3.21. The van der Waals surface area contributed by atoms with Crippen molar-refractivity contribution in [3.05, 3.63) is 54.0 Å². The van der Waals surface area contributed by atoms with Gasteiger partial charge in [0.1, 0.15) is 18.0 Å². The summed E-state index contributed by atoms with van der Waals surface area (Å²) >= 11 is 1.62. The summed E-state index contributed by atoms with van der Waals surface area (Å²) in [5.41, 5.74) is 1.47. The van der Waals surface area contributed by atoms with E-state index < -0.39 is 12.2 Å². The Morgan fingerprint density at radius 2 is 1.97 bits per heavy atom. The van der Waals surface area contributed by atoms with Crippen molar-refractivity contribution in [2.24, 2.45) is 0 Å².